The van der Waals surface area contributed by atoms with E-state index in [0.29, 0.717) is 37.6 Å². The Morgan fingerprint density at radius 3 is 2.35 bits per heavy atom. The zero-order chi connectivity index (χ0) is 19.3. The number of hydrogen-bond acceptors (Lipinski definition) is 5. The van der Waals surface area contributed by atoms with E-state index in [9.17, 15) is 13.2 Å². The number of rotatable bonds is 8. The van der Waals surface area contributed by atoms with Crippen LogP contribution >= 0.6 is 0 Å². The van der Waals surface area contributed by atoms with Crippen molar-refractivity contribution in [3.8, 4) is 11.5 Å². The number of hydrogen-bond donors (Lipinski definition) is 0. The smallest absolute Gasteiger partial charge is 0.238 e. The molecule has 0 spiro atoms. The highest BCUT2D eigenvalue weighted by atomic mass is 32.2. The zero-order valence-corrected chi connectivity index (χ0v) is 16.8. The third kappa shape index (κ3) is 4.88. The minimum atomic E-state index is -3.40. The fourth-order valence-corrected chi connectivity index (χ4v) is 3.85. The maximum Gasteiger partial charge on any atom is 0.238 e. The van der Waals surface area contributed by atoms with Crippen LogP contribution in [0.5, 0.6) is 11.5 Å². The van der Waals surface area contributed by atoms with Gasteiger partial charge in [0.15, 0.2) is 11.5 Å². The molecule has 26 heavy (non-hydrogen) atoms. The summed E-state index contributed by atoms with van der Waals surface area (Å²) >= 11 is 0. The van der Waals surface area contributed by atoms with Gasteiger partial charge in [0.05, 0.1) is 27.0 Å². The van der Waals surface area contributed by atoms with Crippen LogP contribution in [0.15, 0.2) is 12.1 Å². The number of unbranched alkanes of at least 4 members (excludes halogenated alkanes) is 1. The number of ether oxygens (including phenoxy) is 2. The Morgan fingerprint density at radius 2 is 1.81 bits per heavy atom. The van der Waals surface area contributed by atoms with Crippen molar-refractivity contribution in [2.24, 2.45) is 0 Å². The molecule has 1 aliphatic heterocycles. The molecule has 1 heterocycles. The van der Waals surface area contributed by atoms with Gasteiger partial charge in [-0.3, -0.25) is 4.79 Å². The average Bonchev–Trinajstić information content (AvgIpc) is 2.62. The number of nitrogens with zero attached hydrogens (tertiary/aromatic N) is 2. The highest BCUT2D eigenvalue weighted by Gasteiger charge is 2.26. The maximum absolute atomic E-state index is 12.7. The molecule has 0 bridgehead atoms. The molecule has 2 rings (SSSR count). The van der Waals surface area contributed by atoms with Crippen LogP contribution in [-0.4, -0.2) is 63.6 Å². The molecule has 146 valence electrons. The minimum Gasteiger partial charge on any atom is -0.493 e. The number of benzene rings is 1. The lowest BCUT2D eigenvalue weighted by Crippen LogP contribution is -2.44. The molecule has 1 amide bonds. The van der Waals surface area contributed by atoms with Crippen molar-refractivity contribution < 1.29 is 22.7 Å². The van der Waals surface area contributed by atoms with Gasteiger partial charge >= 0.3 is 0 Å². The quantitative estimate of drug-likeness (QED) is 0.681. The normalized spacial score (nSPS) is 14.3. The zero-order valence-electron chi connectivity index (χ0n) is 15.9. The van der Waals surface area contributed by atoms with Gasteiger partial charge in [0, 0.05) is 19.6 Å². The van der Waals surface area contributed by atoms with Crippen LogP contribution in [0, 0.1) is 0 Å². The lowest BCUT2D eigenvalue weighted by atomic mass is 9.98. The van der Waals surface area contributed by atoms with Crippen LogP contribution in [-0.2, 0) is 27.8 Å². The summed E-state index contributed by atoms with van der Waals surface area (Å²) < 4.78 is 35.8. The van der Waals surface area contributed by atoms with E-state index in [1.54, 1.807) is 19.1 Å². The van der Waals surface area contributed by atoms with Crippen molar-refractivity contribution in [3.63, 3.8) is 0 Å². The van der Waals surface area contributed by atoms with Gasteiger partial charge in [0.25, 0.3) is 0 Å². The lowest BCUT2D eigenvalue weighted by molar-refractivity contribution is -0.132. The number of sulfonamides is 1. The second kappa shape index (κ2) is 8.73. The minimum absolute atomic E-state index is 0.110. The fraction of sp³-hybridized carbons (Fsp3) is 0.611. The first-order valence-corrected chi connectivity index (χ1v) is 10.6. The van der Waals surface area contributed by atoms with Crippen molar-refractivity contribution in [1.29, 1.82) is 0 Å². The summed E-state index contributed by atoms with van der Waals surface area (Å²) in [5.74, 6) is 1.13. The molecule has 0 atom stereocenters. The second-order valence-corrected chi connectivity index (χ2v) is 8.47. The topological polar surface area (TPSA) is 76.2 Å². The molecule has 0 unspecified atom stereocenters. The molecule has 0 aliphatic carbocycles. The van der Waals surface area contributed by atoms with Gasteiger partial charge in [-0.2, -0.15) is 4.31 Å². The summed E-state index contributed by atoms with van der Waals surface area (Å²) in [7, 11) is -0.228. The summed E-state index contributed by atoms with van der Waals surface area (Å²) in [5, 5.41) is 0. The van der Waals surface area contributed by atoms with Crippen molar-refractivity contribution in [2.75, 3.05) is 40.1 Å². The monoisotopic (exact) mass is 384 g/mol. The van der Waals surface area contributed by atoms with E-state index in [2.05, 4.69) is 0 Å². The first kappa shape index (κ1) is 20.5. The standard InChI is InChI=1S/C18H28N2O5S/c1-5-6-8-20(26(4,22)23)13-18(21)19-9-7-14-10-16(24-2)17(25-3)11-15(14)12-19/h10-11H,5-9,12-13H2,1-4H3. The summed E-state index contributed by atoms with van der Waals surface area (Å²) in [5.41, 5.74) is 2.12. The Bertz CT molecular complexity index is 748. The Kier molecular flexibility index (Phi) is 6.88. The predicted octanol–water partition coefficient (Wildman–Crippen LogP) is 1.65. The second-order valence-electron chi connectivity index (χ2n) is 6.49. The third-order valence-corrected chi connectivity index (χ3v) is 5.86. The number of carbonyl (C=O) groups is 1. The van der Waals surface area contributed by atoms with E-state index in [4.69, 9.17) is 9.47 Å². The van der Waals surface area contributed by atoms with Gasteiger partial charge in [0.2, 0.25) is 15.9 Å². The van der Waals surface area contributed by atoms with Crippen LogP contribution in [0.1, 0.15) is 30.9 Å². The Labute approximate surface area is 155 Å². The van der Waals surface area contributed by atoms with Gasteiger partial charge in [0.1, 0.15) is 0 Å². The molecule has 1 aliphatic rings. The van der Waals surface area contributed by atoms with Gasteiger partial charge < -0.3 is 14.4 Å². The molecular formula is C18H28N2O5S. The van der Waals surface area contributed by atoms with E-state index >= 15 is 0 Å². The van der Waals surface area contributed by atoms with E-state index in [0.717, 1.165) is 30.2 Å². The van der Waals surface area contributed by atoms with Crippen molar-refractivity contribution in [1.82, 2.24) is 9.21 Å². The highest BCUT2D eigenvalue weighted by molar-refractivity contribution is 7.88. The molecule has 0 fully saturated rings. The summed E-state index contributed by atoms with van der Waals surface area (Å²) in [6.07, 6.45) is 3.47. The highest BCUT2D eigenvalue weighted by Crippen LogP contribution is 2.33. The van der Waals surface area contributed by atoms with Crippen LogP contribution in [0.2, 0.25) is 0 Å². The van der Waals surface area contributed by atoms with Gasteiger partial charge in [-0.15, -0.1) is 0 Å². The molecule has 0 saturated heterocycles. The van der Waals surface area contributed by atoms with Crippen molar-refractivity contribution in [2.45, 2.75) is 32.7 Å². The van der Waals surface area contributed by atoms with Crippen LogP contribution in [0.25, 0.3) is 0 Å². The summed E-state index contributed by atoms with van der Waals surface area (Å²) in [6.45, 7) is 3.26. The Hall–Kier alpha value is -1.80. The molecule has 8 heteroatoms. The molecular weight excluding hydrogens is 356 g/mol. The molecule has 1 aromatic rings. The molecule has 0 aromatic heterocycles. The fourth-order valence-electron chi connectivity index (χ4n) is 3.04. The van der Waals surface area contributed by atoms with Crippen LogP contribution in [0.4, 0.5) is 0 Å². The Morgan fingerprint density at radius 1 is 1.19 bits per heavy atom. The number of amides is 1. The van der Waals surface area contributed by atoms with Gasteiger partial charge in [-0.1, -0.05) is 13.3 Å². The first-order valence-electron chi connectivity index (χ1n) is 8.76. The largest absolute Gasteiger partial charge is 0.493 e. The molecule has 1 aromatic carbocycles. The molecule has 7 nitrogen and oxygen atoms in total. The van der Waals surface area contributed by atoms with Crippen LogP contribution in [0.3, 0.4) is 0 Å². The van der Waals surface area contributed by atoms with E-state index in [1.165, 1.54) is 4.31 Å². The number of fused-ring (bicyclic) bond motifs is 1. The number of methoxy groups -OCH3 is 2. The summed E-state index contributed by atoms with van der Waals surface area (Å²) in [4.78, 5) is 14.4. The average molecular weight is 384 g/mol. The van der Waals surface area contributed by atoms with Crippen LogP contribution < -0.4 is 9.47 Å². The Balaban J connectivity index is 2.12. The third-order valence-electron chi connectivity index (χ3n) is 4.61. The van der Waals surface area contributed by atoms with E-state index < -0.39 is 10.0 Å². The molecule has 0 N–H and O–H groups in total. The maximum atomic E-state index is 12.7. The SMILES string of the molecule is CCCCN(CC(=O)N1CCc2cc(OC)c(OC)cc2C1)S(C)(=O)=O. The van der Waals surface area contributed by atoms with Gasteiger partial charge in [-0.05, 0) is 36.1 Å². The first-order chi connectivity index (χ1) is 12.3. The van der Waals surface area contributed by atoms with E-state index in [-0.39, 0.29) is 12.5 Å². The van der Waals surface area contributed by atoms with Crippen molar-refractivity contribution in [3.05, 3.63) is 23.3 Å². The molecule has 0 saturated carbocycles. The van der Waals surface area contributed by atoms with Gasteiger partial charge in [-0.25, -0.2) is 8.42 Å². The summed E-state index contributed by atoms with van der Waals surface area (Å²) in [6, 6.07) is 3.83. The molecule has 0 radical (unpaired) electrons. The predicted molar refractivity (Wildman–Crippen MR) is 100.0 cm³/mol. The van der Waals surface area contributed by atoms with E-state index in [1.807, 2.05) is 19.1 Å². The lowest BCUT2D eigenvalue weighted by Gasteiger charge is -2.31. The number of carbonyl (C=O) groups excluding carboxylic acids is 1. The van der Waals surface area contributed by atoms with Crippen molar-refractivity contribution >= 4 is 15.9 Å².